The van der Waals surface area contributed by atoms with Gasteiger partial charge < -0.3 is 5.32 Å². The van der Waals surface area contributed by atoms with Gasteiger partial charge in [-0.05, 0) is 49.6 Å². The summed E-state index contributed by atoms with van der Waals surface area (Å²) in [6.07, 6.45) is 1.86. The maximum Gasteiger partial charge on any atom is 0.243 e. The maximum atomic E-state index is 13.1. The zero-order valence-electron chi connectivity index (χ0n) is 16.1. The van der Waals surface area contributed by atoms with E-state index >= 15 is 0 Å². The molecule has 0 radical (unpaired) electrons. The van der Waals surface area contributed by atoms with Crippen LogP contribution in [0.25, 0.3) is 0 Å². The highest BCUT2D eigenvalue weighted by Crippen LogP contribution is 2.26. The summed E-state index contributed by atoms with van der Waals surface area (Å²) in [5.41, 5.74) is 1.15. The van der Waals surface area contributed by atoms with Gasteiger partial charge in [0.15, 0.2) is 5.78 Å². The minimum absolute atomic E-state index is 0.0562. The number of hydrogen-bond donors (Lipinski definition) is 1. The Morgan fingerprint density at radius 3 is 2.34 bits per heavy atom. The van der Waals surface area contributed by atoms with Gasteiger partial charge in [0, 0.05) is 18.7 Å². The number of piperidine rings is 1. The van der Waals surface area contributed by atoms with Crippen molar-refractivity contribution in [1.82, 2.24) is 9.62 Å². The van der Waals surface area contributed by atoms with E-state index in [2.05, 4.69) is 5.32 Å². The second kappa shape index (κ2) is 8.84. The van der Waals surface area contributed by atoms with Gasteiger partial charge >= 0.3 is 0 Å². The van der Waals surface area contributed by atoms with Crippen LogP contribution in [0.1, 0.15) is 42.1 Å². The molecule has 1 unspecified atom stereocenters. The van der Waals surface area contributed by atoms with E-state index in [4.69, 9.17) is 0 Å². The third-order valence-electron chi connectivity index (χ3n) is 5.00. The summed E-state index contributed by atoms with van der Waals surface area (Å²) < 4.78 is 40.5. The molecule has 1 heterocycles. The Labute approximate surface area is 169 Å². The summed E-state index contributed by atoms with van der Waals surface area (Å²) in [6.45, 7) is 1.86. The Hall–Kier alpha value is -2.58. The predicted molar refractivity (Wildman–Crippen MR) is 106 cm³/mol. The molecule has 154 valence electrons. The van der Waals surface area contributed by atoms with Crippen LogP contribution in [0, 0.1) is 5.82 Å². The van der Waals surface area contributed by atoms with Gasteiger partial charge in [0.25, 0.3) is 0 Å². The zero-order valence-corrected chi connectivity index (χ0v) is 16.9. The fourth-order valence-corrected chi connectivity index (χ4v) is 5.02. The van der Waals surface area contributed by atoms with Crippen LogP contribution in [-0.2, 0) is 21.4 Å². The standard InChI is InChI=1S/C21H23FN2O4S/c1-15(25)17-7-11-19(12-8-17)29(27,28)24-13-3-2-4-20(24)21(26)23-14-16-5-9-18(22)10-6-16/h5-12,20H,2-4,13-14H2,1H3,(H,23,26). The number of amides is 1. The highest BCUT2D eigenvalue weighted by molar-refractivity contribution is 7.89. The highest BCUT2D eigenvalue weighted by Gasteiger charge is 2.37. The first-order valence-electron chi connectivity index (χ1n) is 9.44. The largest absolute Gasteiger partial charge is 0.351 e. The molecule has 8 heteroatoms. The Balaban J connectivity index is 1.76. The minimum Gasteiger partial charge on any atom is -0.351 e. The number of rotatable bonds is 6. The number of benzene rings is 2. The van der Waals surface area contributed by atoms with E-state index in [1.165, 1.54) is 47.6 Å². The molecule has 0 aromatic heterocycles. The molecule has 0 aliphatic carbocycles. The summed E-state index contributed by atoms with van der Waals surface area (Å²) >= 11 is 0. The van der Waals surface area contributed by atoms with Crippen LogP contribution in [0.2, 0.25) is 0 Å². The van der Waals surface area contributed by atoms with Crippen molar-refractivity contribution in [3.05, 3.63) is 65.5 Å². The molecule has 1 amide bonds. The number of nitrogens with one attached hydrogen (secondary N) is 1. The zero-order chi connectivity index (χ0) is 21.0. The number of carbonyl (C=O) groups is 2. The number of carbonyl (C=O) groups excluding carboxylic acids is 2. The molecule has 2 aromatic rings. The van der Waals surface area contributed by atoms with Gasteiger partial charge in [0.2, 0.25) is 15.9 Å². The number of sulfonamides is 1. The van der Waals surface area contributed by atoms with Crippen LogP contribution in [0.3, 0.4) is 0 Å². The van der Waals surface area contributed by atoms with E-state index in [9.17, 15) is 22.4 Å². The summed E-state index contributed by atoms with van der Waals surface area (Å²) in [4.78, 5) is 24.2. The topological polar surface area (TPSA) is 83.6 Å². The smallest absolute Gasteiger partial charge is 0.243 e. The van der Waals surface area contributed by atoms with E-state index in [1.54, 1.807) is 12.1 Å². The molecule has 1 atom stereocenters. The van der Waals surface area contributed by atoms with Gasteiger partial charge in [0.1, 0.15) is 11.9 Å². The van der Waals surface area contributed by atoms with E-state index in [1.807, 2.05) is 0 Å². The Morgan fingerprint density at radius 2 is 1.72 bits per heavy atom. The summed E-state index contributed by atoms with van der Waals surface area (Å²) in [6, 6.07) is 10.7. The quantitative estimate of drug-likeness (QED) is 0.731. The molecule has 1 aliphatic rings. The first kappa shape index (κ1) is 21.1. The van der Waals surface area contributed by atoms with E-state index in [-0.39, 0.29) is 35.5 Å². The summed E-state index contributed by atoms with van der Waals surface area (Å²) in [7, 11) is -3.88. The van der Waals surface area contributed by atoms with E-state index in [0.29, 0.717) is 18.4 Å². The molecule has 1 N–H and O–H groups in total. The Morgan fingerprint density at radius 1 is 1.07 bits per heavy atom. The third kappa shape index (κ3) is 4.89. The Kier molecular flexibility index (Phi) is 6.44. The van der Waals surface area contributed by atoms with Gasteiger partial charge in [-0.3, -0.25) is 9.59 Å². The average Bonchev–Trinajstić information content (AvgIpc) is 2.73. The summed E-state index contributed by atoms with van der Waals surface area (Å²) in [5.74, 6) is -0.886. The van der Waals surface area contributed by atoms with Crippen molar-refractivity contribution in [3.8, 4) is 0 Å². The lowest BCUT2D eigenvalue weighted by atomic mass is 10.0. The van der Waals surface area contributed by atoms with Gasteiger partial charge in [-0.1, -0.05) is 30.7 Å². The highest BCUT2D eigenvalue weighted by atomic mass is 32.2. The van der Waals surface area contributed by atoms with Crippen LogP contribution in [-0.4, -0.2) is 37.0 Å². The summed E-state index contributed by atoms with van der Waals surface area (Å²) in [5, 5.41) is 2.75. The molecular weight excluding hydrogens is 395 g/mol. The second-order valence-corrected chi connectivity index (χ2v) is 8.94. The molecule has 1 fully saturated rings. The molecule has 0 spiro atoms. The first-order chi connectivity index (χ1) is 13.8. The van der Waals surface area contributed by atoms with Crippen molar-refractivity contribution in [1.29, 1.82) is 0 Å². The van der Waals surface area contributed by atoms with Crippen LogP contribution in [0.4, 0.5) is 4.39 Å². The van der Waals surface area contributed by atoms with Crippen molar-refractivity contribution >= 4 is 21.7 Å². The van der Waals surface area contributed by atoms with Crippen LogP contribution in [0.15, 0.2) is 53.4 Å². The third-order valence-corrected chi connectivity index (χ3v) is 6.93. The fourth-order valence-electron chi connectivity index (χ4n) is 3.36. The molecular formula is C21H23FN2O4S. The molecule has 0 saturated carbocycles. The number of nitrogens with zero attached hydrogens (tertiary/aromatic N) is 1. The first-order valence-corrected chi connectivity index (χ1v) is 10.9. The monoisotopic (exact) mass is 418 g/mol. The molecule has 2 aromatic carbocycles. The second-order valence-electron chi connectivity index (χ2n) is 7.05. The molecule has 29 heavy (non-hydrogen) atoms. The molecule has 0 bridgehead atoms. The van der Waals surface area contributed by atoms with Gasteiger partial charge in [0.05, 0.1) is 4.90 Å². The van der Waals surface area contributed by atoms with Gasteiger partial charge in [-0.2, -0.15) is 4.31 Å². The number of halogens is 1. The number of ketones is 1. The van der Waals surface area contributed by atoms with E-state index in [0.717, 1.165) is 12.0 Å². The fraction of sp³-hybridized carbons (Fsp3) is 0.333. The molecule has 3 rings (SSSR count). The normalized spacial score (nSPS) is 17.7. The molecule has 6 nitrogen and oxygen atoms in total. The number of hydrogen-bond acceptors (Lipinski definition) is 4. The number of Topliss-reactive ketones (excluding diaryl/α,β-unsaturated/α-hetero) is 1. The lowest BCUT2D eigenvalue weighted by Crippen LogP contribution is -2.51. The minimum atomic E-state index is -3.88. The molecule has 1 saturated heterocycles. The van der Waals surface area contributed by atoms with Crippen molar-refractivity contribution in [2.75, 3.05) is 6.54 Å². The van der Waals surface area contributed by atoms with Crippen molar-refractivity contribution in [2.45, 2.75) is 43.7 Å². The van der Waals surface area contributed by atoms with Crippen LogP contribution >= 0.6 is 0 Å². The lowest BCUT2D eigenvalue weighted by molar-refractivity contribution is -0.125. The van der Waals surface area contributed by atoms with Crippen molar-refractivity contribution in [3.63, 3.8) is 0 Å². The van der Waals surface area contributed by atoms with Crippen molar-refractivity contribution < 1.29 is 22.4 Å². The van der Waals surface area contributed by atoms with Crippen molar-refractivity contribution in [2.24, 2.45) is 0 Å². The van der Waals surface area contributed by atoms with Crippen LogP contribution < -0.4 is 5.32 Å². The van der Waals surface area contributed by atoms with E-state index < -0.39 is 16.1 Å². The lowest BCUT2D eigenvalue weighted by Gasteiger charge is -2.33. The molecule has 1 aliphatic heterocycles. The Bertz CT molecular complexity index is 988. The van der Waals surface area contributed by atoms with Gasteiger partial charge in [-0.15, -0.1) is 0 Å². The maximum absolute atomic E-state index is 13.1. The van der Waals surface area contributed by atoms with Gasteiger partial charge in [-0.25, -0.2) is 12.8 Å². The van der Waals surface area contributed by atoms with Crippen LogP contribution in [0.5, 0.6) is 0 Å². The average molecular weight is 418 g/mol. The predicted octanol–water partition coefficient (Wildman–Crippen LogP) is 2.89. The SMILES string of the molecule is CC(=O)c1ccc(S(=O)(=O)N2CCCCC2C(=O)NCc2ccc(F)cc2)cc1.